The SMILES string of the molecule is CC(=O)OC[C@H](Cc1ccccc1)NC(=O)[C@@](C)(C=C[C@@H]1CCCN1C(=O)[C@@H](NC(=O)[C@H](C)N)[C@@H](C)OCc1ccccc1)Cc1cccc(Cl)c1. The van der Waals surface area contributed by atoms with Gasteiger partial charge in [-0.2, -0.15) is 0 Å². The third kappa shape index (κ3) is 12.0. The number of hydrogen-bond donors (Lipinski definition) is 3. The smallest absolute Gasteiger partial charge is 0.302 e. The van der Waals surface area contributed by atoms with Crippen molar-refractivity contribution >= 4 is 35.3 Å². The molecule has 1 aliphatic rings. The van der Waals surface area contributed by atoms with Gasteiger partial charge in [0.15, 0.2) is 0 Å². The predicted molar refractivity (Wildman–Crippen MR) is 202 cm³/mol. The highest BCUT2D eigenvalue weighted by Crippen LogP contribution is 2.29. The van der Waals surface area contributed by atoms with Crippen LogP contribution in [-0.4, -0.2) is 72.0 Å². The van der Waals surface area contributed by atoms with Crippen LogP contribution in [0.15, 0.2) is 97.1 Å². The van der Waals surface area contributed by atoms with Gasteiger partial charge in [-0.25, -0.2) is 0 Å². The third-order valence-corrected chi connectivity index (χ3v) is 9.43. The van der Waals surface area contributed by atoms with Crippen LogP contribution in [0.25, 0.3) is 0 Å². The first kappa shape index (κ1) is 40.3. The average molecular weight is 731 g/mol. The Labute approximate surface area is 312 Å². The number of nitrogens with one attached hydrogen (secondary N) is 2. The maximum Gasteiger partial charge on any atom is 0.302 e. The minimum Gasteiger partial charge on any atom is -0.464 e. The lowest BCUT2D eigenvalue weighted by molar-refractivity contribution is -0.143. The van der Waals surface area contributed by atoms with Crippen molar-refractivity contribution in [2.75, 3.05) is 13.2 Å². The van der Waals surface area contributed by atoms with E-state index in [0.29, 0.717) is 30.8 Å². The highest BCUT2D eigenvalue weighted by molar-refractivity contribution is 6.30. The molecular formula is C41H51ClN4O6. The number of nitrogens with zero attached hydrogens (tertiary/aromatic N) is 1. The summed E-state index contributed by atoms with van der Waals surface area (Å²) >= 11 is 6.34. The Hall–Kier alpha value is -4.51. The molecule has 52 heavy (non-hydrogen) atoms. The number of rotatable bonds is 17. The maximum absolute atomic E-state index is 14.3. The molecule has 4 N–H and O–H groups in total. The molecular weight excluding hydrogens is 680 g/mol. The highest BCUT2D eigenvalue weighted by Gasteiger charge is 2.38. The highest BCUT2D eigenvalue weighted by atomic mass is 35.5. The first-order valence-corrected chi connectivity index (χ1v) is 18.2. The van der Waals surface area contributed by atoms with Gasteiger partial charge in [0, 0.05) is 18.5 Å². The van der Waals surface area contributed by atoms with Gasteiger partial charge >= 0.3 is 5.97 Å². The number of halogens is 1. The van der Waals surface area contributed by atoms with Crippen molar-refractivity contribution in [3.63, 3.8) is 0 Å². The Morgan fingerprint density at radius 1 is 0.962 bits per heavy atom. The van der Waals surface area contributed by atoms with Gasteiger partial charge in [0.05, 0.1) is 36.3 Å². The minimum atomic E-state index is -1.08. The molecule has 3 amide bonds. The van der Waals surface area contributed by atoms with E-state index in [1.54, 1.807) is 24.8 Å². The number of amides is 3. The molecule has 3 aromatic carbocycles. The molecule has 0 radical (unpaired) electrons. The van der Waals surface area contributed by atoms with E-state index in [1.165, 1.54) is 6.92 Å². The largest absolute Gasteiger partial charge is 0.464 e. The van der Waals surface area contributed by atoms with Gasteiger partial charge in [0.25, 0.3) is 0 Å². The van der Waals surface area contributed by atoms with Crippen molar-refractivity contribution in [1.82, 2.24) is 15.5 Å². The first-order valence-electron chi connectivity index (χ1n) is 17.8. The summed E-state index contributed by atoms with van der Waals surface area (Å²) in [5, 5.41) is 6.52. The predicted octanol–water partition coefficient (Wildman–Crippen LogP) is 5.16. The number of esters is 1. The van der Waals surface area contributed by atoms with E-state index in [2.05, 4.69) is 10.6 Å². The van der Waals surface area contributed by atoms with Crippen LogP contribution in [0.4, 0.5) is 0 Å². The summed E-state index contributed by atoms with van der Waals surface area (Å²) in [6.07, 6.45) is 5.31. The quantitative estimate of drug-likeness (QED) is 0.129. The van der Waals surface area contributed by atoms with Crippen LogP contribution in [0, 0.1) is 5.41 Å². The molecule has 0 bridgehead atoms. The van der Waals surface area contributed by atoms with Gasteiger partial charge in [0.1, 0.15) is 12.6 Å². The number of carbonyl (C=O) groups is 4. The first-order chi connectivity index (χ1) is 24.8. The zero-order valence-electron chi connectivity index (χ0n) is 30.4. The van der Waals surface area contributed by atoms with Crippen molar-refractivity contribution in [1.29, 1.82) is 0 Å². The number of carbonyl (C=O) groups excluding carboxylic acids is 4. The molecule has 0 saturated carbocycles. The summed E-state index contributed by atoms with van der Waals surface area (Å²) in [6.45, 7) is 7.27. The lowest BCUT2D eigenvalue weighted by Gasteiger charge is -2.32. The third-order valence-electron chi connectivity index (χ3n) is 9.20. The van der Waals surface area contributed by atoms with Gasteiger partial charge in [-0.15, -0.1) is 0 Å². The normalized spacial score (nSPS) is 17.8. The molecule has 0 unspecified atom stereocenters. The van der Waals surface area contributed by atoms with E-state index < -0.39 is 41.5 Å². The zero-order chi connectivity index (χ0) is 37.7. The summed E-state index contributed by atoms with van der Waals surface area (Å²) in [4.78, 5) is 54.8. The lowest BCUT2D eigenvalue weighted by Crippen LogP contribution is -2.57. The Morgan fingerprint density at radius 2 is 1.62 bits per heavy atom. The second kappa shape index (κ2) is 19.4. The van der Waals surface area contributed by atoms with Crippen LogP contribution < -0.4 is 16.4 Å². The molecule has 10 nitrogen and oxygen atoms in total. The Balaban J connectivity index is 1.59. The Kier molecular flexibility index (Phi) is 15.0. The van der Waals surface area contributed by atoms with Gasteiger partial charge in [-0.05, 0) is 75.3 Å². The van der Waals surface area contributed by atoms with E-state index in [-0.39, 0.29) is 31.1 Å². The van der Waals surface area contributed by atoms with Gasteiger partial charge < -0.3 is 30.7 Å². The molecule has 6 atom stereocenters. The standard InChI is InChI=1S/C41H51ClN4O6/c1-28(43)38(48)45-37(29(2)51-26-32-15-9-6-10-16-32)39(49)46-22-12-19-36(46)20-21-41(4,25-33-17-11-18-34(42)23-33)40(50)44-35(27-52-30(3)47)24-31-13-7-5-8-14-31/h5-11,13-18,20-21,23,28-29,35-37H,12,19,22,24-27,43H2,1-4H3,(H,44,50)(H,45,48)/t28-,29+,35-,36-,37-,41-/m0/s1. The van der Waals surface area contributed by atoms with Crippen LogP contribution in [0.2, 0.25) is 5.02 Å². The van der Waals surface area contributed by atoms with Gasteiger partial charge in [-0.1, -0.05) is 96.5 Å². The summed E-state index contributed by atoms with van der Waals surface area (Å²) in [7, 11) is 0. The average Bonchev–Trinajstić information content (AvgIpc) is 3.60. The van der Waals surface area contributed by atoms with E-state index in [9.17, 15) is 19.2 Å². The molecule has 11 heteroatoms. The monoisotopic (exact) mass is 730 g/mol. The molecule has 0 aliphatic carbocycles. The molecule has 0 spiro atoms. The van der Waals surface area contributed by atoms with Crippen molar-refractivity contribution in [3.8, 4) is 0 Å². The number of benzene rings is 3. The molecule has 0 aromatic heterocycles. The van der Waals surface area contributed by atoms with Crippen LogP contribution in [0.1, 0.15) is 57.2 Å². The fourth-order valence-electron chi connectivity index (χ4n) is 6.24. The molecule has 1 saturated heterocycles. The Morgan fingerprint density at radius 3 is 2.25 bits per heavy atom. The lowest BCUT2D eigenvalue weighted by atomic mass is 9.81. The zero-order valence-corrected chi connectivity index (χ0v) is 31.2. The molecule has 1 heterocycles. The van der Waals surface area contributed by atoms with Crippen molar-refractivity contribution in [2.24, 2.45) is 11.1 Å². The molecule has 4 rings (SSSR count). The van der Waals surface area contributed by atoms with Crippen molar-refractivity contribution in [2.45, 2.75) is 90.3 Å². The second-order valence-corrected chi connectivity index (χ2v) is 14.2. The number of likely N-dealkylation sites (tertiary alicyclic amines) is 1. The molecule has 1 fully saturated rings. The Bertz CT molecular complexity index is 1670. The fourth-order valence-corrected chi connectivity index (χ4v) is 6.45. The molecule has 3 aromatic rings. The van der Waals surface area contributed by atoms with Crippen LogP contribution in [0.3, 0.4) is 0 Å². The summed E-state index contributed by atoms with van der Waals surface area (Å²) in [6, 6.07) is 24.0. The summed E-state index contributed by atoms with van der Waals surface area (Å²) in [5.41, 5.74) is 7.58. The number of nitrogens with two attached hydrogens (primary N) is 1. The maximum atomic E-state index is 14.3. The van der Waals surface area contributed by atoms with Crippen molar-refractivity contribution in [3.05, 3.63) is 119 Å². The number of hydrogen-bond acceptors (Lipinski definition) is 7. The van der Waals surface area contributed by atoms with Crippen molar-refractivity contribution < 1.29 is 28.7 Å². The molecule has 278 valence electrons. The van der Waals surface area contributed by atoms with Crippen LogP contribution in [0.5, 0.6) is 0 Å². The van der Waals surface area contributed by atoms with Crippen LogP contribution >= 0.6 is 11.6 Å². The van der Waals surface area contributed by atoms with E-state index in [0.717, 1.165) is 23.1 Å². The van der Waals surface area contributed by atoms with Gasteiger partial charge in [-0.3, -0.25) is 19.2 Å². The number of ether oxygens (including phenoxy) is 2. The second-order valence-electron chi connectivity index (χ2n) is 13.8. The van der Waals surface area contributed by atoms with Crippen LogP contribution in [-0.2, 0) is 48.1 Å². The topological polar surface area (TPSA) is 140 Å². The van der Waals surface area contributed by atoms with E-state index >= 15 is 0 Å². The summed E-state index contributed by atoms with van der Waals surface area (Å²) < 4.78 is 11.5. The summed E-state index contributed by atoms with van der Waals surface area (Å²) in [5.74, 6) is -1.44. The fraction of sp³-hybridized carbons (Fsp3) is 0.415. The molecule has 1 aliphatic heterocycles. The van der Waals surface area contributed by atoms with E-state index in [4.69, 9.17) is 26.8 Å². The van der Waals surface area contributed by atoms with E-state index in [1.807, 2.05) is 97.9 Å². The minimum absolute atomic E-state index is 0.0108. The van der Waals surface area contributed by atoms with Gasteiger partial charge in [0.2, 0.25) is 17.7 Å².